The summed E-state index contributed by atoms with van der Waals surface area (Å²) in [5, 5.41) is 21.7. The Morgan fingerprint density at radius 1 is 0.917 bits per heavy atom. The quantitative estimate of drug-likeness (QED) is 0.310. The minimum absolute atomic E-state index is 0.108. The molecule has 0 spiro atoms. The summed E-state index contributed by atoms with van der Waals surface area (Å²) in [4.78, 5) is 32.2. The lowest BCUT2D eigenvalue weighted by molar-refractivity contribution is -0.385. The Kier molecular flexibility index (Phi) is 3.66. The molecule has 0 saturated heterocycles. The van der Waals surface area contributed by atoms with Crippen LogP contribution in [0.5, 0.6) is 5.75 Å². The van der Waals surface area contributed by atoms with E-state index < -0.39 is 15.8 Å². The van der Waals surface area contributed by atoms with Crippen LogP contribution in [0.1, 0.15) is 10.6 Å². The van der Waals surface area contributed by atoms with Crippen molar-refractivity contribution in [2.24, 2.45) is 0 Å². The van der Waals surface area contributed by atoms with E-state index in [2.05, 4.69) is 0 Å². The molecule has 0 radical (unpaired) electrons. The van der Waals surface area contributed by atoms with Gasteiger partial charge < -0.3 is 9.15 Å². The normalized spacial score (nSPS) is 10.5. The van der Waals surface area contributed by atoms with Crippen LogP contribution < -0.4 is 4.74 Å². The summed E-state index contributed by atoms with van der Waals surface area (Å²) < 4.78 is 10.3. The number of hydrogen-bond donors (Lipinski definition) is 0. The Morgan fingerprint density at radius 3 is 2.17 bits per heavy atom. The van der Waals surface area contributed by atoms with Crippen molar-refractivity contribution < 1.29 is 23.8 Å². The average Bonchev–Trinajstić information content (AvgIpc) is 2.98. The SMILES string of the molecule is O=C(Oc1ccc([N+](=O)[O-])cc1)c1cc2cc([N+](=O)[O-])ccc2o1. The number of furan rings is 1. The summed E-state index contributed by atoms with van der Waals surface area (Å²) in [5.74, 6) is -0.844. The number of nitrogens with zero attached hydrogens (tertiary/aromatic N) is 2. The van der Waals surface area contributed by atoms with Crippen molar-refractivity contribution in [3.05, 3.63) is 74.5 Å². The van der Waals surface area contributed by atoms with Crippen LogP contribution >= 0.6 is 0 Å². The molecule has 0 aliphatic heterocycles. The average molecular weight is 328 g/mol. The zero-order valence-corrected chi connectivity index (χ0v) is 11.9. The summed E-state index contributed by atoms with van der Waals surface area (Å²) in [7, 11) is 0. The lowest BCUT2D eigenvalue weighted by atomic mass is 10.2. The van der Waals surface area contributed by atoms with Gasteiger partial charge in [0.1, 0.15) is 11.3 Å². The second-order valence-corrected chi connectivity index (χ2v) is 4.73. The van der Waals surface area contributed by atoms with Crippen LogP contribution in [-0.2, 0) is 0 Å². The van der Waals surface area contributed by atoms with Gasteiger partial charge in [0, 0.05) is 29.7 Å². The highest BCUT2D eigenvalue weighted by Crippen LogP contribution is 2.25. The molecule has 0 atom stereocenters. The number of carbonyl (C=O) groups excluding carboxylic acids is 1. The Bertz CT molecular complexity index is 960. The third kappa shape index (κ3) is 2.90. The summed E-state index contributed by atoms with van der Waals surface area (Å²) in [5.41, 5.74) is 0.0423. The summed E-state index contributed by atoms with van der Waals surface area (Å²) in [6, 6.07) is 10.2. The maximum absolute atomic E-state index is 12.0. The third-order valence-corrected chi connectivity index (χ3v) is 3.17. The fraction of sp³-hybridized carbons (Fsp3) is 0. The van der Waals surface area contributed by atoms with Crippen LogP contribution in [0.3, 0.4) is 0 Å². The zero-order chi connectivity index (χ0) is 17.3. The van der Waals surface area contributed by atoms with E-state index in [1.54, 1.807) is 0 Å². The fourth-order valence-electron chi connectivity index (χ4n) is 2.04. The van der Waals surface area contributed by atoms with E-state index in [9.17, 15) is 25.0 Å². The third-order valence-electron chi connectivity index (χ3n) is 3.17. The second kappa shape index (κ2) is 5.80. The summed E-state index contributed by atoms with van der Waals surface area (Å²) >= 11 is 0. The van der Waals surface area contributed by atoms with Crippen LogP contribution in [0, 0.1) is 20.2 Å². The van der Waals surface area contributed by atoms with E-state index in [4.69, 9.17) is 9.15 Å². The first kappa shape index (κ1) is 15.2. The molecule has 0 aliphatic carbocycles. The molecule has 0 amide bonds. The first-order valence-electron chi connectivity index (χ1n) is 6.58. The number of esters is 1. The van der Waals surface area contributed by atoms with Crippen LogP contribution in [0.2, 0.25) is 0 Å². The number of ether oxygens (including phenoxy) is 1. The maximum atomic E-state index is 12.0. The molecule has 24 heavy (non-hydrogen) atoms. The lowest BCUT2D eigenvalue weighted by Crippen LogP contribution is -2.07. The molecule has 0 aliphatic rings. The molecule has 9 heteroatoms. The summed E-state index contributed by atoms with van der Waals surface area (Å²) in [6.45, 7) is 0. The van der Waals surface area contributed by atoms with Crippen LogP contribution in [0.15, 0.2) is 52.9 Å². The Labute approximate surface area is 133 Å². The Morgan fingerprint density at radius 2 is 1.54 bits per heavy atom. The minimum atomic E-state index is -0.817. The molecule has 0 N–H and O–H groups in total. The number of rotatable bonds is 4. The van der Waals surface area contributed by atoms with Gasteiger partial charge in [-0.15, -0.1) is 0 Å². The first-order chi connectivity index (χ1) is 11.4. The number of benzene rings is 2. The molecule has 3 rings (SSSR count). The van der Waals surface area contributed by atoms with E-state index >= 15 is 0 Å². The molecule has 2 aromatic carbocycles. The van der Waals surface area contributed by atoms with E-state index in [1.165, 1.54) is 48.5 Å². The monoisotopic (exact) mass is 328 g/mol. The molecular weight excluding hydrogens is 320 g/mol. The molecule has 0 bridgehead atoms. The maximum Gasteiger partial charge on any atom is 0.379 e. The standard InChI is InChI=1S/C15H8N2O7/c18-15(23-12-4-1-10(2-5-12)16(19)20)14-8-9-7-11(17(21)22)3-6-13(9)24-14/h1-8H. The van der Waals surface area contributed by atoms with Crippen molar-refractivity contribution in [3.63, 3.8) is 0 Å². The van der Waals surface area contributed by atoms with Gasteiger partial charge >= 0.3 is 5.97 Å². The zero-order valence-electron chi connectivity index (χ0n) is 11.9. The number of carbonyl (C=O) groups is 1. The van der Waals surface area contributed by atoms with Gasteiger partial charge in [0.05, 0.1) is 9.85 Å². The predicted octanol–water partition coefficient (Wildman–Crippen LogP) is 3.47. The largest absolute Gasteiger partial charge is 0.449 e. The smallest absolute Gasteiger partial charge is 0.379 e. The lowest BCUT2D eigenvalue weighted by Gasteiger charge is -2.01. The highest BCUT2D eigenvalue weighted by molar-refractivity contribution is 5.94. The molecule has 0 saturated carbocycles. The van der Waals surface area contributed by atoms with Gasteiger partial charge in [0.25, 0.3) is 11.4 Å². The Balaban J connectivity index is 1.83. The first-order valence-corrected chi connectivity index (χ1v) is 6.58. The van der Waals surface area contributed by atoms with Crippen molar-refractivity contribution in [2.75, 3.05) is 0 Å². The van der Waals surface area contributed by atoms with E-state index in [0.29, 0.717) is 11.0 Å². The van der Waals surface area contributed by atoms with Crippen LogP contribution in [-0.4, -0.2) is 15.8 Å². The summed E-state index contributed by atoms with van der Waals surface area (Å²) in [6.07, 6.45) is 0. The van der Waals surface area contributed by atoms with Crippen molar-refractivity contribution in [2.45, 2.75) is 0 Å². The number of fused-ring (bicyclic) bond motifs is 1. The highest BCUT2D eigenvalue weighted by Gasteiger charge is 2.17. The number of hydrogen-bond acceptors (Lipinski definition) is 7. The molecule has 1 heterocycles. The van der Waals surface area contributed by atoms with Gasteiger partial charge in [0.2, 0.25) is 5.76 Å². The highest BCUT2D eigenvalue weighted by atomic mass is 16.6. The van der Waals surface area contributed by atoms with Gasteiger partial charge in [-0.1, -0.05) is 0 Å². The van der Waals surface area contributed by atoms with Gasteiger partial charge in [-0.05, 0) is 24.3 Å². The van der Waals surface area contributed by atoms with Gasteiger partial charge in [0.15, 0.2) is 0 Å². The van der Waals surface area contributed by atoms with Gasteiger partial charge in [-0.2, -0.15) is 0 Å². The van der Waals surface area contributed by atoms with Gasteiger partial charge in [-0.25, -0.2) is 4.79 Å². The number of non-ortho nitro benzene ring substituents is 2. The topological polar surface area (TPSA) is 126 Å². The number of nitro groups is 2. The van der Waals surface area contributed by atoms with E-state index in [1.807, 2.05) is 0 Å². The van der Waals surface area contributed by atoms with Crippen molar-refractivity contribution in [3.8, 4) is 5.75 Å². The molecule has 9 nitrogen and oxygen atoms in total. The predicted molar refractivity (Wildman–Crippen MR) is 80.9 cm³/mol. The van der Waals surface area contributed by atoms with E-state index in [-0.39, 0.29) is 22.9 Å². The van der Waals surface area contributed by atoms with Crippen molar-refractivity contribution >= 4 is 28.3 Å². The molecule has 0 fully saturated rings. The molecule has 1 aromatic heterocycles. The van der Waals surface area contributed by atoms with Crippen LogP contribution in [0.25, 0.3) is 11.0 Å². The fourth-order valence-corrected chi connectivity index (χ4v) is 2.04. The molecule has 3 aromatic rings. The van der Waals surface area contributed by atoms with Crippen LogP contribution in [0.4, 0.5) is 11.4 Å². The number of nitro benzene ring substituents is 2. The molecule has 0 unspecified atom stereocenters. The molecular formula is C15H8N2O7. The van der Waals surface area contributed by atoms with Crippen molar-refractivity contribution in [1.82, 2.24) is 0 Å². The minimum Gasteiger partial charge on any atom is -0.449 e. The van der Waals surface area contributed by atoms with Gasteiger partial charge in [-0.3, -0.25) is 20.2 Å². The Hall–Kier alpha value is -3.75. The van der Waals surface area contributed by atoms with E-state index in [0.717, 1.165) is 0 Å². The van der Waals surface area contributed by atoms with Crippen molar-refractivity contribution in [1.29, 1.82) is 0 Å². The second-order valence-electron chi connectivity index (χ2n) is 4.73. The molecule has 120 valence electrons.